The third-order valence-corrected chi connectivity index (χ3v) is 7.21. The lowest BCUT2D eigenvalue weighted by atomic mass is 9.90. The quantitative estimate of drug-likeness (QED) is 0.863. The highest BCUT2D eigenvalue weighted by atomic mass is 32.2. The first-order valence-electron chi connectivity index (χ1n) is 7.02. The summed E-state index contributed by atoms with van der Waals surface area (Å²) in [7, 11) is -3.34. The molecule has 5 heteroatoms. The van der Waals surface area contributed by atoms with Crippen LogP contribution in [0.2, 0.25) is 0 Å². The number of hydrogen-bond acceptors (Lipinski definition) is 3. The summed E-state index contributed by atoms with van der Waals surface area (Å²) in [6, 6.07) is 0. The minimum absolute atomic E-state index is 0.235. The molecule has 1 heterocycles. The molecular formula is C14H22N2O2S. The molecule has 4 nitrogen and oxygen atoms in total. The smallest absolute Gasteiger partial charge is 0.240 e. The summed E-state index contributed by atoms with van der Waals surface area (Å²) in [6.07, 6.45) is 5.89. The van der Waals surface area contributed by atoms with E-state index in [0.717, 1.165) is 12.8 Å². The monoisotopic (exact) mass is 282 g/mol. The summed E-state index contributed by atoms with van der Waals surface area (Å²) in [5, 5.41) is 0. The lowest BCUT2D eigenvalue weighted by Gasteiger charge is -2.30. The maximum absolute atomic E-state index is 12.6. The van der Waals surface area contributed by atoms with E-state index >= 15 is 0 Å². The molecule has 0 atom stereocenters. The standard InChI is InChI=1S/C14H22N2O2S/c1-13(2,3)14(6-7-14)19(17,18)16-12-8-11(9-15-12)10-4-5-10/h8,10H,4-7,9H2,1-3H3,(H,15,16). The second kappa shape index (κ2) is 3.84. The second-order valence-corrected chi connectivity index (χ2v) is 9.04. The zero-order chi connectivity index (χ0) is 13.9. The van der Waals surface area contributed by atoms with Crippen LogP contribution in [-0.2, 0) is 10.0 Å². The number of aliphatic imine (C=N–C) groups is 1. The van der Waals surface area contributed by atoms with Gasteiger partial charge in [-0.15, -0.1) is 0 Å². The summed E-state index contributed by atoms with van der Waals surface area (Å²) < 4.78 is 27.3. The van der Waals surface area contributed by atoms with E-state index < -0.39 is 14.8 Å². The molecule has 3 aliphatic rings. The van der Waals surface area contributed by atoms with Gasteiger partial charge in [-0.05, 0) is 48.7 Å². The van der Waals surface area contributed by atoms with Crippen molar-refractivity contribution in [3.8, 4) is 0 Å². The molecule has 19 heavy (non-hydrogen) atoms. The Morgan fingerprint density at radius 1 is 1.32 bits per heavy atom. The second-order valence-electron chi connectivity index (χ2n) is 7.04. The number of sulfonamides is 1. The van der Waals surface area contributed by atoms with E-state index in [1.807, 2.05) is 26.8 Å². The van der Waals surface area contributed by atoms with Crippen LogP contribution in [0.15, 0.2) is 16.6 Å². The maximum atomic E-state index is 12.6. The molecule has 106 valence electrons. The van der Waals surface area contributed by atoms with E-state index in [1.54, 1.807) is 0 Å². The van der Waals surface area contributed by atoms with Crippen molar-refractivity contribution in [2.75, 3.05) is 6.54 Å². The molecule has 0 spiro atoms. The first-order valence-corrected chi connectivity index (χ1v) is 8.51. The Bertz CT molecular complexity index is 559. The van der Waals surface area contributed by atoms with Gasteiger partial charge in [-0.3, -0.25) is 9.71 Å². The predicted octanol–water partition coefficient (Wildman–Crippen LogP) is 2.23. The van der Waals surface area contributed by atoms with Crippen LogP contribution >= 0.6 is 0 Å². The molecule has 1 N–H and O–H groups in total. The highest BCUT2D eigenvalue weighted by Gasteiger charge is 2.62. The van der Waals surface area contributed by atoms with Crippen LogP contribution in [0.25, 0.3) is 0 Å². The Kier molecular flexibility index (Phi) is 2.66. The van der Waals surface area contributed by atoms with Crippen molar-refractivity contribution in [2.45, 2.75) is 51.2 Å². The molecule has 0 bridgehead atoms. The molecule has 3 rings (SSSR count). The number of hydrogen-bond donors (Lipinski definition) is 1. The molecule has 2 aliphatic carbocycles. The fourth-order valence-electron chi connectivity index (χ4n) is 2.98. The van der Waals surface area contributed by atoms with Gasteiger partial charge in [0.25, 0.3) is 0 Å². The third kappa shape index (κ3) is 2.12. The Morgan fingerprint density at radius 2 is 1.95 bits per heavy atom. The maximum Gasteiger partial charge on any atom is 0.240 e. The van der Waals surface area contributed by atoms with Crippen LogP contribution in [0.3, 0.4) is 0 Å². The number of amidine groups is 1. The molecule has 0 saturated heterocycles. The molecular weight excluding hydrogens is 260 g/mol. The predicted molar refractivity (Wildman–Crippen MR) is 76.6 cm³/mol. The van der Waals surface area contributed by atoms with Crippen molar-refractivity contribution in [1.82, 2.24) is 4.72 Å². The Balaban J connectivity index is 1.77. The van der Waals surface area contributed by atoms with E-state index in [9.17, 15) is 8.42 Å². The van der Waals surface area contributed by atoms with Gasteiger partial charge >= 0.3 is 0 Å². The van der Waals surface area contributed by atoms with Crippen LogP contribution in [0.5, 0.6) is 0 Å². The van der Waals surface area contributed by atoms with Gasteiger partial charge in [0.15, 0.2) is 0 Å². The van der Waals surface area contributed by atoms with Gasteiger partial charge in [0.1, 0.15) is 5.84 Å². The van der Waals surface area contributed by atoms with E-state index in [1.165, 1.54) is 18.4 Å². The fraction of sp³-hybridized carbons (Fsp3) is 0.786. The molecule has 0 aromatic heterocycles. The van der Waals surface area contributed by atoms with E-state index in [0.29, 0.717) is 18.3 Å². The Morgan fingerprint density at radius 3 is 2.42 bits per heavy atom. The molecule has 0 radical (unpaired) electrons. The lowest BCUT2D eigenvalue weighted by molar-refractivity contribution is 0.361. The van der Waals surface area contributed by atoms with Crippen LogP contribution in [-0.4, -0.2) is 25.5 Å². The summed E-state index contributed by atoms with van der Waals surface area (Å²) in [5.41, 5.74) is 1.06. The minimum Gasteiger partial charge on any atom is -0.267 e. The number of rotatable bonds is 3. The van der Waals surface area contributed by atoms with Gasteiger partial charge in [0.05, 0.1) is 11.3 Å². The van der Waals surface area contributed by atoms with Gasteiger partial charge in [-0.2, -0.15) is 0 Å². The minimum atomic E-state index is -3.34. The first kappa shape index (κ1) is 13.2. The average molecular weight is 282 g/mol. The molecule has 2 fully saturated rings. The highest BCUT2D eigenvalue weighted by molar-refractivity contribution is 7.91. The zero-order valence-corrected chi connectivity index (χ0v) is 12.7. The van der Waals surface area contributed by atoms with Gasteiger partial charge in [0.2, 0.25) is 10.0 Å². The summed E-state index contributed by atoms with van der Waals surface area (Å²) in [6.45, 7) is 6.68. The van der Waals surface area contributed by atoms with Crippen molar-refractivity contribution in [3.05, 3.63) is 11.6 Å². The van der Waals surface area contributed by atoms with Crippen molar-refractivity contribution in [3.63, 3.8) is 0 Å². The van der Waals surface area contributed by atoms with Crippen molar-refractivity contribution in [2.24, 2.45) is 16.3 Å². The summed E-state index contributed by atoms with van der Waals surface area (Å²) >= 11 is 0. The van der Waals surface area contributed by atoms with Crippen molar-refractivity contribution >= 4 is 15.9 Å². The van der Waals surface area contributed by atoms with Crippen molar-refractivity contribution in [1.29, 1.82) is 0 Å². The fourth-order valence-corrected chi connectivity index (χ4v) is 5.02. The third-order valence-electron chi connectivity index (χ3n) is 4.68. The molecule has 0 aromatic rings. The Labute approximate surface area is 115 Å². The van der Waals surface area contributed by atoms with Gasteiger partial charge < -0.3 is 0 Å². The first-order chi connectivity index (χ1) is 8.75. The van der Waals surface area contributed by atoms with E-state index in [2.05, 4.69) is 9.71 Å². The molecule has 0 amide bonds. The SMILES string of the molecule is CC(C)(C)C1(S(=O)(=O)NC2=NCC(C3CC3)=C2)CC1. The number of nitrogens with one attached hydrogen (secondary N) is 1. The largest absolute Gasteiger partial charge is 0.267 e. The molecule has 2 saturated carbocycles. The zero-order valence-electron chi connectivity index (χ0n) is 11.9. The normalized spacial score (nSPS) is 25.8. The molecule has 0 aromatic carbocycles. The van der Waals surface area contributed by atoms with Crippen LogP contribution < -0.4 is 4.72 Å². The average Bonchev–Trinajstić information content (AvgIpc) is 3.16. The van der Waals surface area contributed by atoms with Gasteiger partial charge in [-0.1, -0.05) is 20.8 Å². The lowest BCUT2D eigenvalue weighted by Crippen LogP contribution is -2.45. The van der Waals surface area contributed by atoms with Gasteiger partial charge in [-0.25, -0.2) is 8.42 Å². The van der Waals surface area contributed by atoms with Crippen LogP contribution in [0.4, 0.5) is 0 Å². The van der Waals surface area contributed by atoms with E-state index in [-0.39, 0.29) is 5.41 Å². The summed E-state index contributed by atoms with van der Waals surface area (Å²) in [4.78, 5) is 4.32. The van der Waals surface area contributed by atoms with Crippen LogP contribution in [0.1, 0.15) is 46.5 Å². The molecule has 1 aliphatic heterocycles. The van der Waals surface area contributed by atoms with Crippen molar-refractivity contribution < 1.29 is 8.42 Å². The van der Waals surface area contributed by atoms with Gasteiger partial charge in [0, 0.05) is 0 Å². The number of nitrogens with zero attached hydrogens (tertiary/aromatic N) is 1. The van der Waals surface area contributed by atoms with E-state index in [4.69, 9.17) is 0 Å². The Hall–Kier alpha value is -0.840. The topological polar surface area (TPSA) is 58.5 Å². The van der Waals surface area contributed by atoms with Crippen LogP contribution in [0, 0.1) is 11.3 Å². The molecule has 0 unspecified atom stereocenters. The summed E-state index contributed by atoms with van der Waals surface area (Å²) in [5.74, 6) is 1.20. The highest BCUT2D eigenvalue weighted by Crippen LogP contribution is 2.55.